The smallest absolute Gasteiger partial charge is 0.220 e. The molecule has 1 unspecified atom stereocenters. The number of benzene rings is 1. The van der Waals surface area contributed by atoms with Crippen molar-refractivity contribution in [3.8, 4) is 0 Å². The van der Waals surface area contributed by atoms with Crippen LogP contribution < -0.4 is 11.1 Å². The third-order valence-electron chi connectivity index (χ3n) is 2.86. The summed E-state index contributed by atoms with van der Waals surface area (Å²) in [6.07, 6.45) is 1.17. The largest absolute Gasteiger partial charge is 0.459 e. The Hall–Kier alpha value is -1.81. The van der Waals surface area contributed by atoms with Crippen LogP contribution in [0.5, 0.6) is 0 Å². The lowest BCUT2D eigenvalue weighted by Crippen LogP contribution is -2.26. The van der Waals surface area contributed by atoms with Gasteiger partial charge in [-0.1, -0.05) is 18.2 Å². The first-order valence-corrected chi connectivity index (χ1v) is 6.18. The first-order chi connectivity index (χ1) is 8.70. The highest BCUT2D eigenvalue weighted by Crippen LogP contribution is 2.23. The van der Waals surface area contributed by atoms with Gasteiger partial charge in [-0.3, -0.25) is 4.79 Å². The lowest BCUT2D eigenvalue weighted by molar-refractivity contribution is -0.121. The normalized spacial score (nSPS) is 12.6. The number of nitrogens with one attached hydrogen (secondary N) is 1. The van der Waals surface area contributed by atoms with Gasteiger partial charge >= 0.3 is 0 Å². The minimum absolute atomic E-state index is 0.00778. The van der Waals surface area contributed by atoms with Gasteiger partial charge in [-0.05, 0) is 32.0 Å². The number of para-hydroxylation sites is 1. The molecule has 2 rings (SSSR count). The molecule has 0 spiro atoms. The van der Waals surface area contributed by atoms with E-state index >= 15 is 0 Å². The molecule has 96 valence electrons. The van der Waals surface area contributed by atoms with E-state index in [1.165, 1.54) is 0 Å². The summed E-state index contributed by atoms with van der Waals surface area (Å²) in [6.45, 7) is 2.45. The predicted octanol–water partition coefficient (Wildman–Crippen LogP) is 2.35. The molecule has 1 aromatic carbocycles. The molecule has 1 atom stereocenters. The Morgan fingerprint density at radius 2 is 2.22 bits per heavy atom. The molecule has 0 bridgehead atoms. The number of fused-ring (bicyclic) bond motifs is 1. The lowest BCUT2D eigenvalue weighted by atomic mass is 10.2. The molecule has 0 saturated heterocycles. The molecule has 0 aliphatic rings. The molecule has 1 amide bonds. The summed E-state index contributed by atoms with van der Waals surface area (Å²) >= 11 is 0. The van der Waals surface area contributed by atoms with E-state index in [1.807, 2.05) is 37.3 Å². The SMILES string of the molecule is CC(NC(=O)CCCN)c1cc2ccccc2o1. The second-order valence-corrected chi connectivity index (χ2v) is 4.37. The van der Waals surface area contributed by atoms with Crippen LogP contribution in [-0.2, 0) is 4.79 Å². The van der Waals surface area contributed by atoms with Crippen LogP contribution in [0.4, 0.5) is 0 Å². The fourth-order valence-electron chi connectivity index (χ4n) is 1.86. The zero-order valence-electron chi connectivity index (χ0n) is 10.5. The fraction of sp³-hybridized carbons (Fsp3) is 0.357. The Kier molecular flexibility index (Phi) is 3.99. The average Bonchev–Trinajstić information content (AvgIpc) is 2.80. The highest BCUT2D eigenvalue weighted by molar-refractivity contribution is 5.79. The van der Waals surface area contributed by atoms with Gasteiger partial charge in [0.25, 0.3) is 0 Å². The van der Waals surface area contributed by atoms with Crippen molar-refractivity contribution in [1.29, 1.82) is 0 Å². The minimum Gasteiger partial charge on any atom is -0.459 e. The second-order valence-electron chi connectivity index (χ2n) is 4.37. The van der Waals surface area contributed by atoms with E-state index in [1.54, 1.807) is 0 Å². The van der Waals surface area contributed by atoms with Gasteiger partial charge in [-0.25, -0.2) is 0 Å². The molecule has 0 aliphatic carbocycles. The zero-order chi connectivity index (χ0) is 13.0. The van der Waals surface area contributed by atoms with E-state index in [-0.39, 0.29) is 11.9 Å². The summed E-state index contributed by atoms with van der Waals surface area (Å²) in [6, 6.07) is 9.64. The standard InChI is InChI=1S/C14H18N2O2/c1-10(16-14(17)7-4-8-15)13-9-11-5-2-3-6-12(11)18-13/h2-3,5-6,9-10H,4,7-8,15H2,1H3,(H,16,17). The summed E-state index contributed by atoms with van der Waals surface area (Å²) in [5, 5.41) is 3.96. The molecule has 4 heteroatoms. The quantitative estimate of drug-likeness (QED) is 0.850. The Bertz CT molecular complexity index is 500. The highest BCUT2D eigenvalue weighted by atomic mass is 16.3. The molecule has 2 aromatic rings. The molecular formula is C14H18N2O2. The topological polar surface area (TPSA) is 68.3 Å². The number of hydrogen-bond donors (Lipinski definition) is 2. The highest BCUT2D eigenvalue weighted by Gasteiger charge is 2.13. The monoisotopic (exact) mass is 246 g/mol. The maximum absolute atomic E-state index is 11.6. The lowest BCUT2D eigenvalue weighted by Gasteiger charge is -2.10. The van der Waals surface area contributed by atoms with E-state index < -0.39 is 0 Å². The molecule has 18 heavy (non-hydrogen) atoms. The van der Waals surface area contributed by atoms with Gasteiger partial charge < -0.3 is 15.5 Å². The van der Waals surface area contributed by atoms with E-state index in [2.05, 4.69) is 5.32 Å². The second kappa shape index (κ2) is 5.69. The Labute approximate surface area is 106 Å². The fourth-order valence-corrected chi connectivity index (χ4v) is 1.86. The Morgan fingerprint density at radius 1 is 1.44 bits per heavy atom. The van der Waals surface area contributed by atoms with Crippen molar-refractivity contribution >= 4 is 16.9 Å². The van der Waals surface area contributed by atoms with Crippen LogP contribution in [0.1, 0.15) is 31.6 Å². The Balaban J connectivity index is 2.04. The van der Waals surface area contributed by atoms with Crippen molar-refractivity contribution in [2.24, 2.45) is 5.73 Å². The summed E-state index contributed by atoms with van der Waals surface area (Å²) in [5.74, 6) is 0.783. The minimum atomic E-state index is -0.123. The summed E-state index contributed by atoms with van der Waals surface area (Å²) in [5.41, 5.74) is 6.21. The van der Waals surface area contributed by atoms with E-state index in [4.69, 9.17) is 10.2 Å². The predicted molar refractivity (Wildman–Crippen MR) is 71.1 cm³/mol. The number of amides is 1. The molecule has 0 fully saturated rings. The number of nitrogens with two attached hydrogens (primary N) is 1. The van der Waals surface area contributed by atoms with E-state index in [0.717, 1.165) is 16.7 Å². The first-order valence-electron chi connectivity index (χ1n) is 6.18. The van der Waals surface area contributed by atoms with Crippen LogP contribution in [-0.4, -0.2) is 12.5 Å². The zero-order valence-corrected chi connectivity index (χ0v) is 10.5. The molecule has 3 N–H and O–H groups in total. The van der Waals surface area contributed by atoms with Crippen LogP contribution in [0.2, 0.25) is 0 Å². The number of carbonyl (C=O) groups is 1. The van der Waals surface area contributed by atoms with Crippen molar-refractivity contribution in [2.45, 2.75) is 25.8 Å². The summed E-state index contributed by atoms with van der Waals surface area (Å²) < 4.78 is 5.70. The van der Waals surface area contributed by atoms with Crippen molar-refractivity contribution < 1.29 is 9.21 Å². The van der Waals surface area contributed by atoms with Gasteiger partial charge in [0, 0.05) is 11.8 Å². The van der Waals surface area contributed by atoms with Gasteiger partial charge in [-0.2, -0.15) is 0 Å². The van der Waals surface area contributed by atoms with Crippen molar-refractivity contribution in [1.82, 2.24) is 5.32 Å². The average molecular weight is 246 g/mol. The van der Waals surface area contributed by atoms with Crippen LogP contribution in [0.15, 0.2) is 34.7 Å². The number of hydrogen-bond acceptors (Lipinski definition) is 3. The van der Waals surface area contributed by atoms with Crippen LogP contribution in [0.25, 0.3) is 11.0 Å². The van der Waals surface area contributed by atoms with Gasteiger partial charge in [0.2, 0.25) is 5.91 Å². The molecule has 1 heterocycles. The first kappa shape index (κ1) is 12.6. The van der Waals surface area contributed by atoms with Crippen LogP contribution >= 0.6 is 0 Å². The summed E-state index contributed by atoms with van der Waals surface area (Å²) in [4.78, 5) is 11.6. The van der Waals surface area contributed by atoms with Crippen LogP contribution in [0.3, 0.4) is 0 Å². The third-order valence-corrected chi connectivity index (χ3v) is 2.86. The molecule has 0 aliphatic heterocycles. The third kappa shape index (κ3) is 2.90. The van der Waals surface area contributed by atoms with Crippen molar-refractivity contribution in [3.63, 3.8) is 0 Å². The number of furan rings is 1. The van der Waals surface area contributed by atoms with Gasteiger partial charge in [0.1, 0.15) is 11.3 Å². The molecule has 0 saturated carbocycles. The molecule has 4 nitrogen and oxygen atoms in total. The van der Waals surface area contributed by atoms with Gasteiger partial charge in [-0.15, -0.1) is 0 Å². The maximum atomic E-state index is 11.6. The number of rotatable bonds is 5. The van der Waals surface area contributed by atoms with Crippen LogP contribution in [0, 0.1) is 0 Å². The number of carbonyl (C=O) groups excluding carboxylic acids is 1. The van der Waals surface area contributed by atoms with Crippen molar-refractivity contribution in [2.75, 3.05) is 6.54 Å². The van der Waals surface area contributed by atoms with Gasteiger partial charge in [0.05, 0.1) is 6.04 Å². The van der Waals surface area contributed by atoms with E-state index in [0.29, 0.717) is 19.4 Å². The molecular weight excluding hydrogens is 228 g/mol. The molecule has 0 radical (unpaired) electrons. The van der Waals surface area contributed by atoms with E-state index in [9.17, 15) is 4.79 Å². The Morgan fingerprint density at radius 3 is 2.94 bits per heavy atom. The summed E-state index contributed by atoms with van der Waals surface area (Å²) in [7, 11) is 0. The maximum Gasteiger partial charge on any atom is 0.220 e. The van der Waals surface area contributed by atoms with Gasteiger partial charge in [0.15, 0.2) is 0 Å². The van der Waals surface area contributed by atoms with Crippen molar-refractivity contribution in [3.05, 3.63) is 36.1 Å². The molecule has 1 aromatic heterocycles.